The largest absolute Gasteiger partial charge is 0.349 e. The number of aromatic nitrogens is 1. The number of aryl methyl sites for hydroxylation is 2. The lowest BCUT2D eigenvalue weighted by Crippen LogP contribution is -2.46. The highest BCUT2D eigenvalue weighted by molar-refractivity contribution is 7.15. The van der Waals surface area contributed by atoms with E-state index in [9.17, 15) is 9.59 Å². The van der Waals surface area contributed by atoms with Gasteiger partial charge < -0.3 is 10.6 Å². The molecule has 2 aromatic rings. The summed E-state index contributed by atoms with van der Waals surface area (Å²) in [5.41, 5.74) is 1.64. The predicted octanol–water partition coefficient (Wildman–Crippen LogP) is 2.59. The molecule has 3 rings (SSSR count). The summed E-state index contributed by atoms with van der Waals surface area (Å²) < 4.78 is 0. The molecule has 0 radical (unpaired) electrons. The molecule has 0 saturated carbocycles. The minimum Gasteiger partial charge on any atom is -0.349 e. The van der Waals surface area contributed by atoms with Crippen LogP contribution in [0.25, 0.3) is 0 Å². The maximum atomic E-state index is 12.2. The Bertz CT molecular complexity index is 748. The van der Waals surface area contributed by atoms with Crippen LogP contribution in [0.1, 0.15) is 33.8 Å². The Balaban J connectivity index is 1.42. The fourth-order valence-electron chi connectivity index (χ4n) is 2.98. The molecule has 138 valence electrons. The van der Waals surface area contributed by atoms with Gasteiger partial charge in [-0.15, -0.1) is 11.3 Å². The molecule has 2 amide bonds. The molecular formula is C19H24N4O2S. The second-order valence-electron chi connectivity index (χ2n) is 6.60. The molecule has 1 aliphatic heterocycles. The van der Waals surface area contributed by atoms with Crippen LogP contribution >= 0.6 is 11.3 Å². The molecule has 0 unspecified atom stereocenters. The van der Waals surface area contributed by atoms with Crippen molar-refractivity contribution in [3.8, 4) is 0 Å². The Kier molecular flexibility index (Phi) is 6.00. The first kappa shape index (κ1) is 18.5. The quantitative estimate of drug-likeness (QED) is 0.846. The number of carbonyl (C=O) groups excluding carboxylic acids is 2. The molecule has 1 aromatic heterocycles. The van der Waals surface area contributed by atoms with Gasteiger partial charge >= 0.3 is 0 Å². The summed E-state index contributed by atoms with van der Waals surface area (Å²) >= 11 is 1.50. The molecule has 1 fully saturated rings. The molecule has 26 heavy (non-hydrogen) atoms. The van der Waals surface area contributed by atoms with Gasteiger partial charge in [-0.25, -0.2) is 4.98 Å². The van der Waals surface area contributed by atoms with Gasteiger partial charge in [0, 0.05) is 29.6 Å². The molecule has 6 nitrogen and oxygen atoms in total. The Morgan fingerprint density at radius 3 is 2.50 bits per heavy atom. The number of nitrogens with zero attached hydrogens (tertiary/aromatic N) is 2. The van der Waals surface area contributed by atoms with Crippen LogP contribution in [0.4, 0.5) is 5.13 Å². The summed E-state index contributed by atoms with van der Waals surface area (Å²) in [6.45, 7) is 5.89. The molecule has 0 bridgehead atoms. The van der Waals surface area contributed by atoms with Crippen LogP contribution in [0.2, 0.25) is 0 Å². The molecule has 2 heterocycles. The van der Waals surface area contributed by atoms with E-state index in [1.165, 1.54) is 11.3 Å². The molecule has 0 spiro atoms. The molecule has 7 heteroatoms. The van der Waals surface area contributed by atoms with E-state index < -0.39 is 0 Å². The van der Waals surface area contributed by atoms with Gasteiger partial charge in [-0.3, -0.25) is 14.5 Å². The lowest BCUT2D eigenvalue weighted by molar-refractivity contribution is -0.117. The number of rotatable bonds is 5. The van der Waals surface area contributed by atoms with Gasteiger partial charge in [0.15, 0.2) is 5.13 Å². The van der Waals surface area contributed by atoms with E-state index in [-0.39, 0.29) is 17.9 Å². The third kappa shape index (κ3) is 4.89. The van der Waals surface area contributed by atoms with Crippen molar-refractivity contribution in [3.05, 3.63) is 46.5 Å². The van der Waals surface area contributed by atoms with Crippen LogP contribution in [0.15, 0.2) is 30.3 Å². The molecule has 2 N–H and O–H groups in total. The molecule has 1 saturated heterocycles. The fraction of sp³-hybridized carbons (Fsp3) is 0.421. The minimum atomic E-state index is -0.0366. The van der Waals surface area contributed by atoms with Crippen LogP contribution < -0.4 is 10.6 Å². The maximum absolute atomic E-state index is 12.2. The van der Waals surface area contributed by atoms with E-state index in [0.29, 0.717) is 17.2 Å². The third-order valence-corrected chi connectivity index (χ3v) is 5.59. The van der Waals surface area contributed by atoms with Crippen LogP contribution in [0.5, 0.6) is 0 Å². The Morgan fingerprint density at radius 1 is 1.19 bits per heavy atom. The molecule has 0 atom stereocenters. The van der Waals surface area contributed by atoms with Crippen LogP contribution in [-0.4, -0.2) is 47.4 Å². The predicted molar refractivity (Wildman–Crippen MR) is 104 cm³/mol. The second kappa shape index (κ2) is 8.42. The van der Waals surface area contributed by atoms with E-state index in [1.807, 2.05) is 44.2 Å². The molecule has 1 aromatic carbocycles. The summed E-state index contributed by atoms with van der Waals surface area (Å²) in [7, 11) is 0. The number of benzene rings is 1. The fourth-order valence-corrected chi connectivity index (χ4v) is 3.81. The number of amides is 2. The van der Waals surface area contributed by atoms with Gasteiger partial charge in [0.1, 0.15) is 0 Å². The van der Waals surface area contributed by atoms with Gasteiger partial charge in [-0.2, -0.15) is 0 Å². The number of hydrogen-bond acceptors (Lipinski definition) is 5. The van der Waals surface area contributed by atoms with Crippen LogP contribution in [-0.2, 0) is 4.79 Å². The summed E-state index contributed by atoms with van der Waals surface area (Å²) in [5, 5.41) is 6.62. The number of hydrogen-bond donors (Lipinski definition) is 2. The van der Waals surface area contributed by atoms with Crippen molar-refractivity contribution in [3.63, 3.8) is 0 Å². The lowest BCUT2D eigenvalue weighted by atomic mass is 10.0. The average Bonchev–Trinajstić information content (AvgIpc) is 2.94. The summed E-state index contributed by atoms with van der Waals surface area (Å²) in [6.07, 6.45) is 1.70. The summed E-state index contributed by atoms with van der Waals surface area (Å²) in [4.78, 5) is 32.0. The van der Waals surface area contributed by atoms with Gasteiger partial charge in [-0.05, 0) is 38.8 Å². The van der Waals surface area contributed by atoms with Crippen molar-refractivity contribution in [2.24, 2.45) is 0 Å². The normalized spacial score (nSPS) is 15.6. The van der Waals surface area contributed by atoms with Crippen molar-refractivity contribution >= 4 is 28.3 Å². The second-order valence-corrected chi connectivity index (χ2v) is 7.80. The summed E-state index contributed by atoms with van der Waals surface area (Å²) in [6, 6.07) is 9.41. The van der Waals surface area contributed by atoms with Crippen molar-refractivity contribution in [2.45, 2.75) is 32.7 Å². The zero-order valence-electron chi connectivity index (χ0n) is 15.1. The topological polar surface area (TPSA) is 74.3 Å². The molecular weight excluding hydrogens is 348 g/mol. The van der Waals surface area contributed by atoms with Crippen LogP contribution in [0.3, 0.4) is 0 Å². The van der Waals surface area contributed by atoms with Crippen molar-refractivity contribution in [1.82, 2.24) is 15.2 Å². The minimum absolute atomic E-state index is 0.0312. The third-order valence-electron chi connectivity index (χ3n) is 4.60. The number of anilines is 1. The van der Waals surface area contributed by atoms with E-state index >= 15 is 0 Å². The van der Waals surface area contributed by atoms with Gasteiger partial charge in [0.05, 0.1) is 12.2 Å². The summed E-state index contributed by atoms with van der Waals surface area (Å²) in [5.74, 6) is -0.0678. The standard InChI is InChI=1S/C19H24N4O2S/c1-13-14(2)26-19(20-13)22-17(24)12-23-10-8-16(9-11-23)21-18(25)15-6-4-3-5-7-15/h3-7,16H,8-12H2,1-2H3,(H,21,25)(H,20,22,24). The Morgan fingerprint density at radius 2 is 1.88 bits per heavy atom. The number of piperidine rings is 1. The smallest absolute Gasteiger partial charge is 0.251 e. The van der Waals surface area contributed by atoms with Gasteiger partial charge in [-0.1, -0.05) is 18.2 Å². The first-order chi connectivity index (χ1) is 12.5. The van der Waals surface area contributed by atoms with E-state index in [0.717, 1.165) is 36.5 Å². The van der Waals surface area contributed by atoms with E-state index in [1.54, 1.807) is 0 Å². The lowest BCUT2D eigenvalue weighted by Gasteiger charge is -2.31. The van der Waals surface area contributed by atoms with Crippen molar-refractivity contribution in [1.29, 1.82) is 0 Å². The zero-order valence-corrected chi connectivity index (χ0v) is 15.9. The SMILES string of the molecule is Cc1nc(NC(=O)CN2CCC(NC(=O)c3ccccc3)CC2)sc1C. The monoisotopic (exact) mass is 372 g/mol. The zero-order chi connectivity index (χ0) is 18.5. The highest BCUT2D eigenvalue weighted by Gasteiger charge is 2.22. The van der Waals surface area contributed by atoms with E-state index in [2.05, 4.69) is 20.5 Å². The average molecular weight is 372 g/mol. The Hall–Kier alpha value is -2.25. The Labute approximate surface area is 157 Å². The maximum Gasteiger partial charge on any atom is 0.251 e. The van der Waals surface area contributed by atoms with Crippen molar-refractivity contribution in [2.75, 3.05) is 25.0 Å². The number of nitrogens with one attached hydrogen (secondary N) is 2. The highest BCUT2D eigenvalue weighted by atomic mass is 32.1. The highest BCUT2D eigenvalue weighted by Crippen LogP contribution is 2.21. The van der Waals surface area contributed by atoms with Crippen LogP contribution in [0, 0.1) is 13.8 Å². The first-order valence-electron chi connectivity index (χ1n) is 8.83. The number of thiazole rings is 1. The van der Waals surface area contributed by atoms with Gasteiger partial charge in [0.25, 0.3) is 5.91 Å². The van der Waals surface area contributed by atoms with E-state index in [4.69, 9.17) is 0 Å². The van der Waals surface area contributed by atoms with Crippen molar-refractivity contribution < 1.29 is 9.59 Å². The van der Waals surface area contributed by atoms with Gasteiger partial charge in [0.2, 0.25) is 5.91 Å². The first-order valence-corrected chi connectivity index (χ1v) is 9.65. The number of carbonyl (C=O) groups is 2. The molecule has 0 aliphatic carbocycles. The molecule has 1 aliphatic rings. The number of likely N-dealkylation sites (tertiary alicyclic amines) is 1.